The van der Waals surface area contributed by atoms with Crippen LogP contribution in [0.25, 0.3) is 21.9 Å². The molecule has 3 nitrogen and oxygen atoms in total. The lowest BCUT2D eigenvalue weighted by Gasteiger charge is -2.20. The predicted octanol–water partition coefficient (Wildman–Crippen LogP) is 4.18. The molecular weight excluding hydrogens is 318 g/mol. The molecule has 0 aliphatic carbocycles. The number of fused-ring (bicyclic) bond motifs is 1. The number of halogens is 1. The second-order valence-corrected chi connectivity index (χ2v) is 6.22. The lowest BCUT2D eigenvalue weighted by molar-refractivity contribution is 0.523. The third-order valence-corrected chi connectivity index (χ3v) is 4.50. The van der Waals surface area contributed by atoms with Crippen LogP contribution in [0.2, 0.25) is 5.02 Å². The average molecular weight is 338 g/mol. The van der Waals surface area contributed by atoms with Gasteiger partial charge in [-0.25, -0.2) is 0 Å². The number of rotatable bonds is 5. The van der Waals surface area contributed by atoms with Crippen LogP contribution in [0, 0.1) is 0 Å². The summed E-state index contributed by atoms with van der Waals surface area (Å²) in [5.41, 5.74) is 12.2. The van der Waals surface area contributed by atoms with E-state index < -0.39 is 0 Å². The molecule has 24 heavy (non-hydrogen) atoms. The lowest BCUT2D eigenvalue weighted by atomic mass is 9.96. The van der Waals surface area contributed by atoms with Crippen molar-refractivity contribution in [2.45, 2.75) is 12.1 Å². The Morgan fingerprint density at radius 3 is 2.21 bits per heavy atom. The second-order valence-electron chi connectivity index (χ2n) is 5.78. The topological polar surface area (TPSA) is 64.1 Å². The van der Waals surface area contributed by atoms with E-state index in [2.05, 4.69) is 42.3 Å². The Labute approximate surface area is 146 Å². The van der Waals surface area contributed by atoms with Gasteiger partial charge < -0.3 is 5.73 Å². The molecule has 0 spiro atoms. The van der Waals surface area contributed by atoms with Gasteiger partial charge in [-0.05, 0) is 45.7 Å². The summed E-state index contributed by atoms with van der Waals surface area (Å²) in [6, 6.07) is 20.1. The SMILES string of the molecule is C=CC(NN)C(N)c1ccc(-c2ccc3cc(Cl)ccc3c2)cc1. The molecule has 0 bridgehead atoms. The summed E-state index contributed by atoms with van der Waals surface area (Å²) < 4.78 is 0. The first-order valence-corrected chi connectivity index (χ1v) is 8.14. The number of nitrogens with two attached hydrogens (primary N) is 2. The maximum Gasteiger partial charge on any atom is 0.0581 e. The van der Waals surface area contributed by atoms with E-state index in [1.165, 1.54) is 0 Å². The summed E-state index contributed by atoms with van der Waals surface area (Å²) in [4.78, 5) is 0. The maximum absolute atomic E-state index is 6.21. The minimum atomic E-state index is -0.236. The van der Waals surface area contributed by atoms with Gasteiger partial charge in [-0.3, -0.25) is 11.3 Å². The highest BCUT2D eigenvalue weighted by molar-refractivity contribution is 6.31. The van der Waals surface area contributed by atoms with Crippen molar-refractivity contribution in [1.82, 2.24) is 5.43 Å². The Morgan fingerprint density at radius 2 is 1.54 bits per heavy atom. The number of hydrogen-bond donors (Lipinski definition) is 3. The molecule has 4 heteroatoms. The van der Waals surface area contributed by atoms with Gasteiger partial charge >= 0.3 is 0 Å². The molecule has 0 aliphatic heterocycles. The van der Waals surface area contributed by atoms with Crippen molar-refractivity contribution >= 4 is 22.4 Å². The van der Waals surface area contributed by atoms with E-state index in [-0.39, 0.29) is 12.1 Å². The smallest absolute Gasteiger partial charge is 0.0581 e. The minimum absolute atomic E-state index is 0.165. The molecule has 3 aromatic carbocycles. The standard InChI is InChI=1S/C20H20ClN3/c1-2-19(24-23)20(22)14-5-3-13(4-6-14)15-7-8-17-12-18(21)10-9-16(17)11-15/h2-12,19-20,24H,1,22-23H2. The van der Waals surface area contributed by atoms with Crippen molar-refractivity contribution in [3.05, 3.63) is 83.9 Å². The molecule has 0 aromatic heterocycles. The van der Waals surface area contributed by atoms with E-state index in [0.29, 0.717) is 0 Å². The van der Waals surface area contributed by atoms with Crippen LogP contribution in [0.3, 0.4) is 0 Å². The van der Waals surface area contributed by atoms with Crippen LogP contribution in [0.5, 0.6) is 0 Å². The van der Waals surface area contributed by atoms with Crippen molar-refractivity contribution in [1.29, 1.82) is 0 Å². The van der Waals surface area contributed by atoms with Gasteiger partial charge in [-0.1, -0.05) is 60.1 Å². The summed E-state index contributed by atoms with van der Waals surface area (Å²) >= 11 is 6.04. The van der Waals surface area contributed by atoms with Crippen molar-refractivity contribution in [2.75, 3.05) is 0 Å². The van der Waals surface area contributed by atoms with E-state index in [1.807, 2.05) is 30.3 Å². The van der Waals surface area contributed by atoms with Crippen LogP contribution in [-0.2, 0) is 0 Å². The van der Waals surface area contributed by atoms with Crippen LogP contribution >= 0.6 is 11.6 Å². The Kier molecular flexibility index (Phi) is 4.97. The Hall–Kier alpha value is -2.17. The van der Waals surface area contributed by atoms with Gasteiger partial charge in [0, 0.05) is 11.1 Å². The summed E-state index contributed by atoms with van der Waals surface area (Å²) in [5.74, 6) is 5.50. The van der Waals surface area contributed by atoms with Gasteiger partial charge in [0.15, 0.2) is 0 Å². The zero-order valence-electron chi connectivity index (χ0n) is 13.2. The number of nitrogens with one attached hydrogen (secondary N) is 1. The predicted molar refractivity (Wildman–Crippen MR) is 103 cm³/mol. The molecular formula is C20H20ClN3. The average Bonchev–Trinajstić information content (AvgIpc) is 2.62. The minimum Gasteiger partial charge on any atom is -0.322 e. The highest BCUT2D eigenvalue weighted by atomic mass is 35.5. The molecule has 0 saturated heterocycles. The van der Waals surface area contributed by atoms with Crippen molar-refractivity contribution < 1.29 is 0 Å². The molecule has 0 amide bonds. The highest BCUT2D eigenvalue weighted by Crippen LogP contribution is 2.27. The number of hydrazine groups is 1. The normalized spacial score (nSPS) is 13.6. The van der Waals surface area contributed by atoms with Crippen LogP contribution < -0.4 is 17.0 Å². The molecule has 122 valence electrons. The molecule has 0 aliphatic rings. The molecule has 0 radical (unpaired) electrons. The van der Waals surface area contributed by atoms with Crippen molar-refractivity contribution in [3.8, 4) is 11.1 Å². The van der Waals surface area contributed by atoms with Crippen LogP contribution in [0.1, 0.15) is 11.6 Å². The van der Waals surface area contributed by atoms with Gasteiger partial charge in [0.2, 0.25) is 0 Å². The summed E-state index contributed by atoms with van der Waals surface area (Å²) in [6.07, 6.45) is 1.72. The largest absolute Gasteiger partial charge is 0.322 e. The van der Waals surface area contributed by atoms with Gasteiger partial charge in [0.1, 0.15) is 0 Å². The molecule has 2 atom stereocenters. The number of hydrogen-bond acceptors (Lipinski definition) is 3. The fraction of sp³-hybridized carbons (Fsp3) is 0.100. The van der Waals surface area contributed by atoms with E-state index in [4.69, 9.17) is 23.2 Å². The summed E-state index contributed by atoms with van der Waals surface area (Å²) in [6.45, 7) is 3.75. The third kappa shape index (κ3) is 3.35. The van der Waals surface area contributed by atoms with Gasteiger partial charge in [-0.2, -0.15) is 0 Å². The Bertz CT molecular complexity index is 858. The highest BCUT2D eigenvalue weighted by Gasteiger charge is 2.14. The van der Waals surface area contributed by atoms with Crippen molar-refractivity contribution in [3.63, 3.8) is 0 Å². The lowest BCUT2D eigenvalue weighted by Crippen LogP contribution is -2.41. The van der Waals surface area contributed by atoms with E-state index in [9.17, 15) is 0 Å². The van der Waals surface area contributed by atoms with Crippen molar-refractivity contribution in [2.24, 2.45) is 11.6 Å². The monoisotopic (exact) mass is 337 g/mol. The zero-order valence-corrected chi connectivity index (χ0v) is 14.0. The van der Waals surface area contributed by atoms with E-state index in [1.54, 1.807) is 6.08 Å². The van der Waals surface area contributed by atoms with E-state index in [0.717, 1.165) is 32.5 Å². The Morgan fingerprint density at radius 1 is 0.917 bits per heavy atom. The van der Waals surface area contributed by atoms with Gasteiger partial charge in [0.25, 0.3) is 0 Å². The molecule has 0 fully saturated rings. The summed E-state index contributed by atoms with van der Waals surface area (Å²) in [5, 5.41) is 3.04. The maximum atomic E-state index is 6.21. The molecule has 3 aromatic rings. The van der Waals surface area contributed by atoms with Gasteiger partial charge in [0.05, 0.1) is 6.04 Å². The fourth-order valence-corrected chi connectivity index (χ4v) is 3.00. The second kappa shape index (κ2) is 7.16. The molecule has 5 N–H and O–H groups in total. The number of benzene rings is 3. The zero-order chi connectivity index (χ0) is 17.1. The molecule has 3 rings (SSSR count). The molecule has 2 unspecified atom stereocenters. The molecule has 0 saturated carbocycles. The van der Waals surface area contributed by atoms with E-state index >= 15 is 0 Å². The van der Waals surface area contributed by atoms with Crippen LogP contribution in [0.15, 0.2) is 73.3 Å². The first kappa shape index (κ1) is 16.7. The first-order valence-electron chi connectivity index (χ1n) is 7.76. The summed E-state index contributed by atoms with van der Waals surface area (Å²) in [7, 11) is 0. The van der Waals surface area contributed by atoms with Gasteiger partial charge in [-0.15, -0.1) is 6.58 Å². The molecule has 0 heterocycles. The fourth-order valence-electron chi connectivity index (χ4n) is 2.82. The van der Waals surface area contributed by atoms with Crippen LogP contribution in [0.4, 0.5) is 0 Å². The van der Waals surface area contributed by atoms with Crippen LogP contribution in [-0.4, -0.2) is 6.04 Å². The first-order chi connectivity index (χ1) is 11.6. The Balaban J connectivity index is 1.90. The third-order valence-electron chi connectivity index (χ3n) is 4.26. The quantitative estimate of drug-likeness (QED) is 0.372.